The van der Waals surface area contributed by atoms with E-state index in [0.717, 1.165) is 57.8 Å². The molecule has 0 aromatic rings. The Morgan fingerprint density at radius 3 is 1.39 bits per heavy atom. The Morgan fingerprint density at radius 2 is 0.880 bits per heavy atom. The first kappa shape index (κ1) is 67.5. The van der Waals surface area contributed by atoms with E-state index in [9.17, 15) is 61.0 Å². The van der Waals surface area contributed by atoms with Gasteiger partial charge in [-0.25, -0.2) is 0 Å². The van der Waals surface area contributed by atoms with E-state index in [0.29, 0.717) is 12.8 Å². The lowest BCUT2D eigenvalue weighted by atomic mass is 9.96. The molecule has 1 amide bonds. The van der Waals surface area contributed by atoms with Crippen molar-refractivity contribution in [3.63, 3.8) is 0 Å². The number of hydrogen-bond donors (Lipinski definition) is 12. The summed E-state index contributed by atoms with van der Waals surface area (Å²) in [5, 5.41) is 120. The molecule has 17 unspecified atom stereocenters. The van der Waals surface area contributed by atoms with E-state index in [2.05, 4.69) is 43.5 Å². The summed E-state index contributed by atoms with van der Waals surface area (Å²) in [6, 6.07) is -0.886. The minimum atomic E-state index is -1.97. The molecule has 0 aromatic carbocycles. The van der Waals surface area contributed by atoms with E-state index < -0.39 is 124 Å². The smallest absolute Gasteiger partial charge is 0.220 e. The van der Waals surface area contributed by atoms with Crippen molar-refractivity contribution in [1.82, 2.24) is 5.32 Å². The van der Waals surface area contributed by atoms with Gasteiger partial charge in [0.15, 0.2) is 18.9 Å². The van der Waals surface area contributed by atoms with Crippen molar-refractivity contribution in [3.05, 3.63) is 24.3 Å². The fourth-order valence-electron chi connectivity index (χ4n) is 9.93. The molecule has 75 heavy (non-hydrogen) atoms. The van der Waals surface area contributed by atoms with E-state index >= 15 is 0 Å². The lowest BCUT2D eigenvalue weighted by Gasteiger charge is -2.48. The Labute approximate surface area is 448 Å². The second kappa shape index (κ2) is 40.4. The molecular formula is C56H103NO18. The highest BCUT2D eigenvalue weighted by Crippen LogP contribution is 2.33. The Balaban J connectivity index is 1.49. The molecule has 19 nitrogen and oxygen atoms in total. The second-order valence-corrected chi connectivity index (χ2v) is 21.1. The average Bonchev–Trinajstić information content (AvgIpc) is 3.41. The van der Waals surface area contributed by atoms with Crippen LogP contribution in [0.1, 0.15) is 194 Å². The molecule has 0 saturated carbocycles. The summed E-state index contributed by atoms with van der Waals surface area (Å²) >= 11 is 0. The molecule has 0 bridgehead atoms. The normalized spacial score (nSPS) is 31.3. The average molecular weight is 1080 g/mol. The van der Waals surface area contributed by atoms with Crippen LogP contribution in [0.4, 0.5) is 0 Å². The third-order valence-electron chi connectivity index (χ3n) is 14.8. The number of allylic oxidation sites excluding steroid dienone is 4. The zero-order chi connectivity index (χ0) is 54.8. The Morgan fingerprint density at radius 1 is 0.480 bits per heavy atom. The molecule has 0 aromatic heterocycles. The number of rotatable bonds is 42. The SMILES string of the molecule is CCCCC/C=C\C/C=C\CCCCCCCCCCCC(=O)NC(COC1OC(CO)C(OC2OC(CO)C(OC3OC(CO)C(O)C(O)C3O)C(O)C2O)C(O)C1O)C(O)CCCCCCCCCCCCC. The largest absolute Gasteiger partial charge is 0.394 e. The minimum absolute atomic E-state index is 0.249. The van der Waals surface area contributed by atoms with Crippen LogP contribution in [0.2, 0.25) is 0 Å². The van der Waals surface area contributed by atoms with Gasteiger partial charge in [-0.2, -0.15) is 0 Å². The molecule has 3 rings (SSSR count). The number of aliphatic hydroxyl groups excluding tert-OH is 11. The third kappa shape index (κ3) is 25.1. The molecule has 0 aliphatic carbocycles. The predicted molar refractivity (Wildman–Crippen MR) is 282 cm³/mol. The molecule has 19 heteroatoms. The van der Waals surface area contributed by atoms with Gasteiger partial charge in [-0.1, -0.05) is 167 Å². The number of amides is 1. The molecule has 17 atom stereocenters. The maximum atomic E-state index is 13.3. The summed E-state index contributed by atoms with van der Waals surface area (Å²) in [5.41, 5.74) is 0. The highest BCUT2D eigenvalue weighted by molar-refractivity contribution is 5.76. The van der Waals surface area contributed by atoms with Gasteiger partial charge in [-0.05, 0) is 44.9 Å². The van der Waals surface area contributed by atoms with Crippen molar-refractivity contribution >= 4 is 5.91 Å². The number of nitrogens with one attached hydrogen (secondary N) is 1. The van der Waals surface area contributed by atoms with Gasteiger partial charge in [0, 0.05) is 6.42 Å². The summed E-state index contributed by atoms with van der Waals surface area (Å²) in [4.78, 5) is 13.3. The monoisotopic (exact) mass is 1080 g/mol. The quantitative estimate of drug-likeness (QED) is 0.0298. The molecule has 3 aliphatic heterocycles. The third-order valence-corrected chi connectivity index (χ3v) is 14.8. The molecule has 3 aliphatic rings. The Hall–Kier alpha value is -1.73. The van der Waals surface area contributed by atoms with E-state index in [1.165, 1.54) is 103 Å². The first-order valence-corrected chi connectivity index (χ1v) is 29.1. The highest BCUT2D eigenvalue weighted by atomic mass is 16.8. The number of carbonyl (C=O) groups is 1. The zero-order valence-corrected chi connectivity index (χ0v) is 45.5. The van der Waals surface area contributed by atoms with Gasteiger partial charge in [-0.3, -0.25) is 4.79 Å². The van der Waals surface area contributed by atoms with Crippen LogP contribution in [-0.2, 0) is 33.2 Å². The van der Waals surface area contributed by atoms with Crippen LogP contribution in [0.3, 0.4) is 0 Å². The van der Waals surface area contributed by atoms with Gasteiger partial charge in [0.05, 0.1) is 38.6 Å². The first-order chi connectivity index (χ1) is 36.3. The Bertz CT molecular complexity index is 1480. The van der Waals surface area contributed by atoms with Crippen molar-refractivity contribution in [2.24, 2.45) is 0 Å². The molecule has 0 spiro atoms. The van der Waals surface area contributed by atoms with E-state index in [1.807, 2.05) is 0 Å². The Kier molecular flexibility index (Phi) is 36.4. The number of aliphatic hydroxyl groups is 11. The zero-order valence-electron chi connectivity index (χ0n) is 45.5. The molecular weight excluding hydrogens is 975 g/mol. The van der Waals surface area contributed by atoms with Crippen LogP contribution >= 0.6 is 0 Å². The summed E-state index contributed by atoms with van der Waals surface area (Å²) in [5.74, 6) is -0.249. The summed E-state index contributed by atoms with van der Waals surface area (Å²) < 4.78 is 34.2. The molecule has 440 valence electrons. The van der Waals surface area contributed by atoms with Crippen LogP contribution in [0.25, 0.3) is 0 Å². The molecule has 3 heterocycles. The summed E-state index contributed by atoms with van der Waals surface area (Å²) in [6.07, 6.45) is 12.7. The first-order valence-electron chi connectivity index (χ1n) is 29.1. The van der Waals surface area contributed by atoms with Gasteiger partial charge >= 0.3 is 0 Å². The van der Waals surface area contributed by atoms with Crippen LogP contribution in [0.15, 0.2) is 24.3 Å². The molecule has 3 fully saturated rings. The summed E-state index contributed by atoms with van der Waals surface area (Å²) in [7, 11) is 0. The maximum Gasteiger partial charge on any atom is 0.220 e. The van der Waals surface area contributed by atoms with Crippen molar-refractivity contribution in [3.8, 4) is 0 Å². The second-order valence-electron chi connectivity index (χ2n) is 21.1. The lowest BCUT2D eigenvalue weighted by molar-refractivity contribution is -0.379. The number of hydrogen-bond acceptors (Lipinski definition) is 18. The van der Waals surface area contributed by atoms with E-state index in [-0.39, 0.29) is 18.9 Å². The fourth-order valence-corrected chi connectivity index (χ4v) is 9.93. The topological polar surface area (TPSA) is 307 Å². The predicted octanol–water partition coefficient (Wildman–Crippen LogP) is 4.37. The van der Waals surface area contributed by atoms with Crippen LogP contribution in [-0.4, -0.2) is 193 Å². The van der Waals surface area contributed by atoms with Gasteiger partial charge in [-0.15, -0.1) is 0 Å². The standard InChI is InChI=1S/C56H103NO18/c1-3-5-7-9-11-13-15-16-17-18-19-20-21-22-24-26-28-30-32-34-44(62)57-39(40(61)33-31-29-27-25-23-14-12-10-8-6-4-2)38-70-54-50(68)47(65)52(42(36-59)72-54)75-56-51(69)48(66)53(43(37-60)73-56)74-55-49(67)46(64)45(63)41(35-58)71-55/h11,13,16-17,39-43,45-56,58-61,63-69H,3-10,12,14-15,18-38H2,1-2H3,(H,57,62)/b13-11-,17-16-. The minimum Gasteiger partial charge on any atom is -0.394 e. The lowest BCUT2D eigenvalue weighted by Crippen LogP contribution is -2.66. The van der Waals surface area contributed by atoms with Crippen LogP contribution in [0.5, 0.6) is 0 Å². The number of carbonyl (C=O) groups excluding carboxylic acids is 1. The van der Waals surface area contributed by atoms with E-state index in [4.69, 9.17) is 28.4 Å². The van der Waals surface area contributed by atoms with Gasteiger partial charge in [0.1, 0.15) is 73.2 Å². The summed E-state index contributed by atoms with van der Waals surface area (Å²) in [6.45, 7) is 1.73. The van der Waals surface area contributed by atoms with Gasteiger partial charge < -0.3 is 89.9 Å². The maximum absolute atomic E-state index is 13.3. The van der Waals surface area contributed by atoms with Crippen molar-refractivity contribution in [1.29, 1.82) is 0 Å². The van der Waals surface area contributed by atoms with Crippen molar-refractivity contribution in [2.45, 2.75) is 298 Å². The van der Waals surface area contributed by atoms with Crippen LogP contribution in [0, 0.1) is 0 Å². The number of unbranched alkanes of at least 4 members (excludes halogenated alkanes) is 22. The van der Waals surface area contributed by atoms with Gasteiger partial charge in [0.25, 0.3) is 0 Å². The van der Waals surface area contributed by atoms with Crippen LogP contribution < -0.4 is 5.32 Å². The molecule has 0 radical (unpaired) electrons. The highest BCUT2D eigenvalue weighted by Gasteiger charge is 2.53. The molecule has 12 N–H and O–H groups in total. The molecule has 3 saturated heterocycles. The van der Waals surface area contributed by atoms with Gasteiger partial charge in [0.2, 0.25) is 5.91 Å². The fraction of sp³-hybridized carbons (Fsp3) is 0.911. The van der Waals surface area contributed by atoms with Crippen molar-refractivity contribution < 1.29 is 89.4 Å². The number of ether oxygens (including phenoxy) is 6. The van der Waals surface area contributed by atoms with Crippen molar-refractivity contribution in [2.75, 3.05) is 26.4 Å². The van der Waals surface area contributed by atoms with E-state index in [1.54, 1.807) is 0 Å².